The van der Waals surface area contributed by atoms with Gasteiger partial charge in [0.05, 0.1) is 23.3 Å². The smallest absolute Gasteiger partial charge is 0.215 e. The maximum absolute atomic E-state index is 4.97. The Morgan fingerprint density at radius 3 is 2.15 bits per heavy atom. The average molecular weight is 405 g/mol. The molecule has 0 saturated heterocycles. The molecule has 0 amide bonds. The minimum Gasteiger partial charge on any atom is -0.305 e. The van der Waals surface area contributed by atoms with Gasteiger partial charge in [0.25, 0.3) is 0 Å². The Morgan fingerprint density at radius 2 is 1.48 bits per heavy atom. The van der Waals surface area contributed by atoms with Crippen molar-refractivity contribution in [3.05, 3.63) is 72.1 Å². The number of benzene rings is 2. The summed E-state index contributed by atoms with van der Waals surface area (Å²) in [5, 5.41) is 0. The van der Waals surface area contributed by atoms with Crippen LogP contribution in [-0.2, 0) is 13.1 Å². The summed E-state index contributed by atoms with van der Waals surface area (Å²) in [5.41, 5.74) is 4.86. The van der Waals surface area contributed by atoms with Crippen molar-refractivity contribution in [2.24, 2.45) is 0 Å². The molecule has 0 aliphatic rings. The molecule has 2 aromatic carbocycles. The van der Waals surface area contributed by atoms with E-state index in [4.69, 9.17) is 4.98 Å². The molecule has 0 aliphatic carbocycles. The lowest BCUT2D eigenvalue weighted by atomic mass is 10.2. The van der Waals surface area contributed by atoms with Gasteiger partial charge < -0.3 is 4.57 Å². The molecule has 0 fully saturated rings. The highest BCUT2D eigenvalue weighted by atomic mass is 35.5. The van der Waals surface area contributed by atoms with E-state index < -0.39 is 0 Å². The molecule has 2 heterocycles. The molecule has 27 heavy (non-hydrogen) atoms. The van der Waals surface area contributed by atoms with Crippen LogP contribution in [0.4, 0.5) is 0 Å². The van der Waals surface area contributed by atoms with Gasteiger partial charge in [0, 0.05) is 12.7 Å². The number of aromatic nitrogens is 3. The molecule has 144 valence electrons. The summed E-state index contributed by atoms with van der Waals surface area (Å²) >= 11 is 0. The lowest BCUT2D eigenvalue weighted by Gasteiger charge is -2.15. The SMILES string of the molecule is CCN(CC)Cc1cn2c3ccccc3n(Cc3ccccc3)c2n1.Cl.Cl. The molecule has 0 saturated carbocycles. The fourth-order valence-corrected chi connectivity index (χ4v) is 3.46. The first-order chi connectivity index (χ1) is 12.3. The monoisotopic (exact) mass is 404 g/mol. The molecule has 0 unspecified atom stereocenters. The van der Waals surface area contributed by atoms with Gasteiger partial charge in [0.1, 0.15) is 0 Å². The molecule has 0 N–H and O–H groups in total. The summed E-state index contributed by atoms with van der Waals surface area (Å²) in [6, 6.07) is 19.1. The summed E-state index contributed by atoms with van der Waals surface area (Å²) in [7, 11) is 0. The van der Waals surface area contributed by atoms with Gasteiger partial charge in [-0.15, -0.1) is 24.8 Å². The van der Waals surface area contributed by atoms with Crippen LogP contribution in [0.15, 0.2) is 60.8 Å². The zero-order valence-electron chi connectivity index (χ0n) is 15.7. The number of imidazole rings is 2. The third-order valence-electron chi connectivity index (χ3n) is 4.87. The molecular weight excluding hydrogens is 379 g/mol. The fourth-order valence-electron chi connectivity index (χ4n) is 3.46. The van der Waals surface area contributed by atoms with Gasteiger partial charge in [0.2, 0.25) is 5.78 Å². The van der Waals surface area contributed by atoms with Crippen molar-refractivity contribution >= 4 is 41.6 Å². The molecule has 4 nitrogen and oxygen atoms in total. The van der Waals surface area contributed by atoms with Crippen LogP contribution in [0.1, 0.15) is 25.1 Å². The van der Waals surface area contributed by atoms with Crippen LogP contribution in [0.5, 0.6) is 0 Å². The number of fused-ring (bicyclic) bond motifs is 3. The first-order valence-electron chi connectivity index (χ1n) is 9.01. The molecule has 0 spiro atoms. The highest BCUT2D eigenvalue weighted by Crippen LogP contribution is 2.23. The van der Waals surface area contributed by atoms with E-state index in [0.29, 0.717) is 0 Å². The van der Waals surface area contributed by atoms with E-state index in [1.165, 1.54) is 16.6 Å². The fraction of sp³-hybridized carbons (Fsp3) is 0.286. The van der Waals surface area contributed by atoms with Crippen molar-refractivity contribution in [2.45, 2.75) is 26.9 Å². The average Bonchev–Trinajstić information content (AvgIpc) is 3.19. The Morgan fingerprint density at radius 1 is 0.852 bits per heavy atom. The number of rotatable bonds is 6. The number of nitrogens with zero attached hydrogens (tertiary/aromatic N) is 4. The van der Waals surface area contributed by atoms with Crippen LogP contribution in [0.3, 0.4) is 0 Å². The second-order valence-electron chi connectivity index (χ2n) is 6.42. The van der Waals surface area contributed by atoms with Crippen LogP contribution in [0.2, 0.25) is 0 Å². The van der Waals surface area contributed by atoms with E-state index in [-0.39, 0.29) is 24.8 Å². The molecular formula is C21H26Cl2N4. The quantitative estimate of drug-likeness (QED) is 0.450. The molecule has 6 heteroatoms. The van der Waals surface area contributed by atoms with Crippen LogP contribution in [0, 0.1) is 0 Å². The lowest BCUT2D eigenvalue weighted by Crippen LogP contribution is -2.22. The van der Waals surface area contributed by atoms with Gasteiger partial charge in [-0.25, -0.2) is 4.98 Å². The van der Waals surface area contributed by atoms with Gasteiger partial charge in [0.15, 0.2) is 0 Å². The highest BCUT2D eigenvalue weighted by Gasteiger charge is 2.14. The van der Waals surface area contributed by atoms with E-state index in [0.717, 1.165) is 37.7 Å². The predicted molar refractivity (Wildman–Crippen MR) is 117 cm³/mol. The van der Waals surface area contributed by atoms with Crippen molar-refractivity contribution in [3.63, 3.8) is 0 Å². The van der Waals surface area contributed by atoms with E-state index in [2.05, 4.69) is 88.5 Å². The Hall–Kier alpha value is -2.01. The van der Waals surface area contributed by atoms with Crippen LogP contribution in [0.25, 0.3) is 16.8 Å². The normalized spacial score (nSPS) is 10.9. The van der Waals surface area contributed by atoms with Gasteiger partial charge in [-0.3, -0.25) is 9.30 Å². The van der Waals surface area contributed by atoms with Crippen molar-refractivity contribution in [1.29, 1.82) is 0 Å². The van der Waals surface area contributed by atoms with E-state index >= 15 is 0 Å². The zero-order chi connectivity index (χ0) is 17.2. The zero-order valence-corrected chi connectivity index (χ0v) is 17.3. The predicted octanol–water partition coefficient (Wildman–Crippen LogP) is 5.02. The van der Waals surface area contributed by atoms with Crippen molar-refractivity contribution in [3.8, 4) is 0 Å². The first kappa shape index (κ1) is 21.3. The van der Waals surface area contributed by atoms with Crippen LogP contribution >= 0.6 is 24.8 Å². The molecule has 2 aromatic heterocycles. The van der Waals surface area contributed by atoms with Crippen molar-refractivity contribution in [1.82, 2.24) is 18.9 Å². The Labute approximate surface area is 172 Å². The van der Waals surface area contributed by atoms with Crippen LogP contribution < -0.4 is 0 Å². The highest BCUT2D eigenvalue weighted by molar-refractivity contribution is 5.85. The first-order valence-corrected chi connectivity index (χ1v) is 9.01. The Bertz CT molecular complexity index is 987. The second kappa shape index (κ2) is 9.27. The third-order valence-corrected chi connectivity index (χ3v) is 4.87. The number of halogens is 2. The minimum absolute atomic E-state index is 0. The van der Waals surface area contributed by atoms with E-state index in [1.54, 1.807) is 0 Å². The second-order valence-corrected chi connectivity index (χ2v) is 6.42. The molecule has 0 aliphatic heterocycles. The topological polar surface area (TPSA) is 25.5 Å². The number of para-hydroxylation sites is 2. The molecule has 4 aromatic rings. The van der Waals surface area contributed by atoms with Gasteiger partial charge in [-0.05, 0) is 30.8 Å². The van der Waals surface area contributed by atoms with Gasteiger partial charge >= 0.3 is 0 Å². The van der Waals surface area contributed by atoms with E-state index in [9.17, 15) is 0 Å². The molecule has 4 rings (SSSR count). The minimum atomic E-state index is 0. The number of hydrogen-bond acceptors (Lipinski definition) is 2. The van der Waals surface area contributed by atoms with E-state index in [1.807, 2.05) is 0 Å². The maximum atomic E-state index is 4.97. The summed E-state index contributed by atoms with van der Waals surface area (Å²) < 4.78 is 4.55. The maximum Gasteiger partial charge on any atom is 0.215 e. The summed E-state index contributed by atoms with van der Waals surface area (Å²) in [4.78, 5) is 7.36. The lowest BCUT2D eigenvalue weighted by molar-refractivity contribution is 0.293. The summed E-state index contributed by atoms with van der Waals surface area (Å²) in [5.74, 6) is 1.02. The molecule has 0 atom stereocenters. The third kappa shape index (κ3) is 4.13. The van der Waals surface area contributed by atoms with Crippen molar-refractivity contribution < 1.29 is 0 Å². The Balaban J connectivity index is 0.00000131. The Kier molecular flexibility index (Phi) is 7.31. The molecule has 0 bridgehead atoms. The standard InChI is InChI=1S/C21H24N4.2ClH/c1-3-23(4-2)15-18-16-25-20-13-9-8-12-19(20)24(21(25)22-18)14-17-10-6-5-7-11-17;;/h5-13,16H,3-4,14-15H2,1-2H3;2*1H. The van der Waals surface area contributed by atoms with Gasteiger partial charge in [-0.2, -0.15) is 0 Å². The van der Waals surface area contributed by atoms with Crippen molar-refractivity contribution in [2.75, 3.05) is 13.1 Å². The molecule has 0 radical (unpaired) electrons. The van der Waals surface area contributed by atoms with Crippen LogP contribution in [-0.4, -0.2) is 31.9 Å². The number of hydrogen-bond donors (Lipinski definition) is 0. The summed E-state index contributed by atoms with van der Waals surface area (Å²) in [6.07, 6.45) is 2.19. The summed E-state index contributed by atoms with van der Waals surface area (Å²) in [6.45, 7) is 8.22. The largest absolute Gasteiger partial charge is 0.305 e. The van der Waals surface area contributed by atoms with Gasteiger partial charge in [-0.1, -0.05) is 56.3 Å².